The van der Waals surface area contributed by atoms with Crippen LogP contribution in [-0.4, -0.2) is 71.5 Å². The van der Waals surface area contributed by atoms with Crippen molar-refractivity contribution >= 4 is 51.8 Å². The lowest BCUT2D eigenvalue weighted by molar-refractivity contribution is -0.146. The second kappa shape index (κ2) is 15.5. The number of carbonyl (C=O) groups is 4. The Hall–Kier alpha value is -5.06. The summed E-state index contributed by atoms with van der Waals surface area (Å²) >= 11 is 0.675. The fourth-order valence-corrected chi connectivity index (χ4v) is 7.15. The quantitative estimate of drug-likeness (QED) is 0.158. The molecule has 3 heterocycles. The Bertz CT molecular complexity index is 1910. The van der Waals surface area contributed by atoms with Crippen LogP contribution in [0.5, 0.6) is 5.75 Å². The number of pyridine rings is 1. The Morgan fingerprint density at radius 3 is 2.34 bits per heavy atom. The van der Waals surface area contributed by atoms with E-state index in [4.69, 9.17) is 18.9 Å². The lowest BCUT2D eigenvalue weighted by Gasteiger charge is -2.37. The first-order chi connectivity index (χ1) is 24.8. The average molecular weight is 759 g/mol. The van der Waals surface area contributed by atoms with E-state index in [1.807, 2.05) is 4.90 Å². The van der Waals surface area contributed by atoms with E-state index < -0.39 is 58.6 Å². The van der Waals surface area contributed by atoms with Gasteiger partial charge in [-0.15, -0.1) is 0 Å². The molecule has 0 bridgehead atoms. The third kappa shape index (κ3) is 9.49. The van der Waals surface area contributed by atoms with Crippen LogP contribution >= 0.6 is 11.3 Å². The van der Waals surface area contributed by atoms with Gasteiger partial charge in [0.15, 0.2) is 17.3 Å². The van der Waals surface area contributed by atoms with Gasteiger partial charge in [0.1, 0.15) is 33.1 Å². The molecule has 1 aliphatic carbocycles. The van der Waals surface area contributed by atoms with Crippen LogP contribution in [-0.2, 0) is 25.4 Å². The van der Waals surface area contributed by atoms with Gasteiger partial charge in [-0.05, 0) is 79.4 Å². The van der Waals surface area contributed by atoms with Gasteiger partial charge in [0.25, 0.3) is 5.91 Å². The molecular weight excluding hydrogens is 714 g/mol. The first kappa shape index (κ1) is 39.2. The molecule has 17 heteroatoms. The van der Waals surface area contributed by atoms with Gasteiger partial charge in [-0.3, -0.25) is 19.9 Å². The molecule has 2 aromatic heterocycles. The molecule has 0 radical (unpaired) electrons. The summed E-state index contributed by atoms with van der Waals surface area (Å²) in [4.78, 5) is 62.5. The third-order valence-electron chi connectivity index (χ3n) is 8.11. The predicted octanol–water partition coefficient (Wildman–Crippen LogP) is 7.14. The number of ether oxygens (including phenoxy) is 4. The van der Waals surface area contributed by atoms with Crippen molar-refractivity contribution in [2.75, 3.05) is 35.7 Å². The van der Waals surface area contributed by atoms with Crippen molar-refractivity contribution in [2.24, 2.45) is 0 Å². The zero-order chi connectivity index (χ0) is 38.8. The van der Waals surface area contributed by atoms with E-state index >= 15 is 8.78 Å². The van der Waals surface area contributed by atoms with Gasteiger partial charge in [-0.25, -0.2) is 23.4 Å². The SMILES string of the molecule is COc1ccc(F)c(-c2nc(C(=O)Nc3cnc4c(c3N3CCCC(NC(=O)OC(C)(C)C)C3)CCC4OC(C)=O)c(NC(=O)OC(C)(C)C)s2)c1F. The lowest BCUT2D eigenvalue weighted by atomic mass is 10.0. The Balaban J connectivity index is 1.54. The standard InChI is InChI=1S/C36H44F2N6O8S/c1-18(45)50-24-13-11-20-27(24)39-16-22(29(20)44-15-9-10-19(17-44)40-33(47)51-35(2,3)4)41-30(46)28-32(43-34(48)52-36(5,6)7)53-31(42-28)25-21(37)12-14-23(49-8)26(25)38/h12,14,16,19,24H,9-11,13,15,17H2,1-8H3,(H,40,47)(H,41,46)(H,43,48). The van der Waals surface area contributed by atoms with Gasteiger partial charge in [0.2, 0.25) is 0 Å². The van der Waals surface area contributed by atoms with Gasteiger partial charge in [-0.1, -0.05) is 11.3 Å². The maximum Gasteiger partial charge on any atom is 0.412 e. The highest BCUT2D eigenvalue weighted by Gasteiger charge is 2.35. The molecule has 2 aliphatic rings. The minimum atomic E-state index is -1.04. The van der Waals surface area contributed by atoms with Crippen molar-refractivity contribution in [3.8, 4) is 16.3 Å². The lowest BCUT2D eigenvalue weighted by Crippen LogP contribution is -2.49. The van der Waals surface area contributed by atoms with E-state index in [0.717, 1.165) is 17.7 Å². The number of esters is 1. The molecule has 286 valence electrons. The Kier molecular flexibility index (Phi) is 11.5. The number of hydrogen-bond donors (Lipinski definition) is 3. The average Bonchev–Trinajstić information content (AvgIpc) is 3.63. The van der Waals surface area contributed by atoms with Gasteiger partial charge in [0.05, 0.1) is 35.9 Å². The molecule has 1 saturated heterocycles. The molecule has 0 spiro atoms. The molecule has 14 nitrogen and oxygen atoms in total. The Labute approximate surface area is 309 Å². The van der Waals surface area contributed by atoms with Crippen molar-refractivity contribution in [1.82, 2.24) is 15.3 Å². The van der Waals surface area contributed by atoms with Crippen molar-refractivity contribution in [3.05, 3.63) is 46.9 Å². The van der Waals surface area contributed by atoms with E-state index in [9.17, 15) is 19.2 Å². The number of thiazole rings is 1. The number of hydrogen-bond acceptors (Lipinski definition) is 12. The fraction of sp³-hybridized carbons (Fsp3) is 0.500. The van der Waals surface area contributed by atoms with Crippen molar-refractivity contribution in [1.29, 1.82) is 0 Å². The zero-order valence-corrected chi connectivity index (χ0v) is 31.7. The van der Waals surface area contributed by atoms with E-state index in [2.05, 4.69) is 25.9 Å². The number of carbonyl (C=O) groups excluding carboxylic acids is 4. The molecule has 1 aromatic carbocycles. The van der Waals surface area contributed by atoms with Crippen molar-refractivity contribution < 1.29 is 46.9 Å². The number of alkyl carbamates (subject to hydrolysis) is 1. The number of amides is 3. The number of aromatic nitrogens is 2. The maximum atomic E-state index is 15.4. The summed E-state index contributed by atoms with van der Waals surface area (Å²) in [5.74, 6) is -3.52. The van der Waals surface area contributed by atoms with Crippen LogP contribution < -0.4 is 25.6 Å². The highest BCUT2D eigenvalue weighted by atomic mass is 32.1. The van der Waals surface area contributed by atoms with Crippen LogP contribution in [0.1, 0.15) is 95.6 Å². The van der Waals surface area contributed by atoms with E-state index in [1.54, 1.807) is 41.5 Å². The van der Waals surface area contributed by atoms with Crippen molar-refractivity contribution in [2.45, 2.75) is 97.5 Å². The molecule has 53 heavy (non-hydrogen) atoms. The summed E-state index contributed by atoms with van der Waals surface area (Å²) in [7, 11) is 1.23. The number of methoxy groups -OCH3 is 1. The number of nitrogens with one attached hydrogen (secondary N) is 3. The smallest absolute Gasteiger partial charge is 0.412 e. The number of benzene rings is 1. The molecule has 3 aromatic rings. The molecular formula is C36H44F2N6O8S. The van der Waals surface area contributed by atoms with Gasteiger partial charge < -0.3 is 34.5 Å². The number of piperidine rings is 1. The van der Waals surface area contributed by atoms with E-state index in [0.29, 0.717) is 61.5 Å². The van der Waals surface area contributed by atoms with Crippen LogP contribution in [0.25, 0.3) is 10.6 Å². The number of nitrogens with zero attached hydrogens (tertiary/aromatic N) is 3. The largest absolute Gasteiger partial charge is 0.494 e. The number of fused-ring (bicyclic) bond motifs is 1. The van der Waals surface area contributed by atoms with Crippen LogP contribution in [0.3, 0.4) is 0 Å². The summed E-state index contributed by atoms with van der Waals surface area (Å²) in [5.41, 5.74) is -0.308. The van der Waals surface area contributed by atoms with Crippen LogP contribution in [0.2, 0.25) is 0 Å². The summed E-state index contributed by atoms with van der Waals surface area (Å²) in [6.07, 6.45) is 1.69. The van der Waals surface area contributed by atoms with E-state index in [-0.39, 0.29) is 33.2 Å². The number of anilines is 3. The first-order valence-corrected chi connectivity index (χ1v) is 17.9. The van der Waals surface area contributed by atoms with Crippen LogP contribution in [0.15, 0.2) is 18.3 Å². The molecule has 5 rings (SSSR count). The number of rotatable bonds is 8. The van der Waals surface area contributed by atoms with E-state index in [1.165, 1.54) is 20.2 Å². The van der Waals surface area contributed by atoms with Gasteiger partial charge in [-0.2, -0.15) is 0 Å². The predicted molar refractivity (Wildman–Crippen MR) is 193 cm³/mol. The number of halogens is 2. The second-order valence-electron chi connectivity index (χ2n) is 14.7. The summed E-state index contributed by atoms with van der Waals surface area (Å²) < 4.78 is 51.9. The normalized spacial score (nSPS) is 17.1. The Morgan fingerprint density at radius 1 is 0.981 bits per heavy atom. The molecule has 3 amide bonds. The van der Waals surface area contributed by atoms with Crippen LogP contribution in [0, 0.1) is 11.6 Å². The highest BCUT2D eigenvalue weighted by Crippen LogP contribution is 2.44. The molecule has 3 N–H and O–H groups in total. The van der Waals surface area contributed by atoms with Crippen molar-refractivity contribution in [3.63, 3.8) is 0 Å². The topological polar surface area (TPSA) is 170 Å². The summed E-state index contributed by atoms with van der Waals surface area (Å²) in [6.45, 7) is 12.5. The maximum absolute atomic E-state index is 15.4. The van der Waals surface area contributed by atoms with Gasteiger partial charge in [0, 0.05) is 31.6 Å². The molecule has 2 atom stereocenters. The monoisotopic (exact) mass is 758 g/mol. The fourth-order valence-electron chi connectivity index (χ4n) is 6.16. The molecule has 0 saturated carbocycles. The Morgan fingerprint density at radius 2 is 1.68 bits per heavy atom. The minimum absolute atomic E-state index is 0.126. The van der Waals surface area contributed by atoms with Crippen LogP contribution in [0.4, 0.5) is 34.7 Å². The summed E-state index contributed by atoms with van der Waals surface area (Å²) in [6, 6.07) is 1.83. The minimum Gasteiger partial charge on any atom is -0.494 e. The molecule has 1 aliphatic heterocycles. The summed E-state index contributed by atoms with van der Waals surface area (Å²) in [5, 5.41) is 7.93. The highest BCUT2D eigenvalue weighted by molar-refractivity contribution is 7.19. The molecule has 2 unspecified atom stereocenters. The third-order valence-corrected chi connectivity index (χ3v) is 9.09. The molecule has 1 fully saturated rings. The first-order valence-electron chi connectivity index (χ1n) is 17.1. The van der Waals surface area contributed by atoms with Gasteiger partial charge >= 0.3 is 18.2 Å². The second-order valence-corrected chi connectivity index (χ2v) is 15.7. The zero-order valence-electron chi connectivity index (χ0n) is 30.9.